The Morgan fingerprint density at radius 1 is 0.786 bits per heavy atom. The molecule has 0 aromatic rings. The number of likely N-dealkylation sites (tertiary alicyclic amines) is 1. The van der Waals surface area contributed by atoms with Crippen LogP contribution in [0, 0.1) is 0 Å². The minimum absolute atomic E-state index is 0.778. The summed E-state index contributed by atoms with van der Waals surface area (Å²) in [5, 5.41) is 0. The highest BCUT2D eigenvalue weighted by Crippen LogP contribution is 2.36. The minimum atomic E-state index is -6.72. The Hall–Kier alpha value is -0.600. The fraction of sp³-hybridized carbons (Fsp3) is 1.00. The standard InChI is InChI=1S/C12H26N.C2F6NO4S2/c1-3-5-6-7-10-13(4-2)11-8-9-12-13;3-1(4,5)14(10,11)9-15(12,13)2(6,7)8/h3-12H2,1-2H3;/q+1;-1. The van der Waals surface area contributed by atoms with Crippen LogP contribution in [0.25, 0.3) is 4.13 Å². The lowest BCUT2D eigenvalue weighted by Gasteiger charge is -2.33. The third-order valence-corrected chi connectivity index (χ3v) is 7.19. The minimum Gasteiger partial charge on any atom is -0.421 e. The van der Waals surface area contributed by atoms with E-state index in [1.165, 1.54) is 69.2 Å². The molecule has 0 unspecified atom stereocenters. The van der Waals surface area contributed by atoms with Gasteiger partial charge in [-0.15, -0.1) is 0 Å². The van der Waals surface area contributed by atoms with E-state index in [1.54, 1.807) is 0 Å². The first-order valence-corrected chi connectivity index (χ1v) is 11.6. The van der Waals surface area contributed by atoms with Crippen molar-refractivity contribution in [2.75, 3.05) is 26.2 Å². The van der Waals surface area contributed by atoms with Crippen molar-refractivity contribution in [1.82, 2.24) is 0 Å². The van der Waals surface area contributed by atoms with Crippen molar-refractivity contribution in [3.05, 3.63) is 4.13 Å². The zero-order chi connectivity index (χ0) is 22.3. The fourth-order valence-corrected chi connectivity index (χ4v) is 4.50. The van der Waals surface area contributed by atoms with Gasteiger partial charge in [-0.25, -0.2) is 16.8 Å². The van der Waals surface area contributed by atoms with E-state index in [1.807, 2.05) is 0 Å². The van der Waals surface area contributed by atoms with Gasteiger partial charge in [0.2, 0.25) is 0 Å². The van der Waals surface area contributed by atoms with Crippen molar-refractivity contribution >= 4 is 20.0 Å². The predicted molar refractivity (Wildman–Crippen MR) is 92.1 cm³/mol. The summed E-state index contributed by atoms with van der Waals surface area (Å²) in [7, 11) is -13.4. The van der Waals surface area contributed by atoms with Gasteiger partial charge < -0.3 is 8.61 Å². The van der Waals surface area contributed by atoms with Crippen LogP contribution in [-0.4, -0.2) is 58.5 Å². The van der Waals surface area contributed by atoms with Gasteiger partial charge in [-0.3, -0.25) is 0 Å². The Morgan fingerprint density at radius 2 is 1.21 bits per heavy atom. The lowest BCUT2D eigenvalue weighted by molar-refractivity contribution is -0.915. The van der Waals surface area contributed by atoms with Crippen LogP contribution >= 0.6 is 0 Å². The van der Waals surface area contributed by atoms with Gasteiger partial charge in [0.15, 0.2) is 20.0 Å². The molecule has 1 saturated heterocycles. The molecule has 1 rings (SSSR count). The molecule has 0 spiro atoms. The molecule has 170 valence electrons. The van der Waals surface area contributed by atoms with Crippen LogP contribution in [0.4, 0.5) is 26.3 Å². The smallest absolute Gasteiger partial charge is 0.421 e. The number of quaternary nitrogens is 1. The molecule has 0 N–H and O–H groups in total. The first-order valence-electron chi connectivity index (χ1n) is 8.75. The molecule has 0 aliphatic carbocycles. The van der Waals surface area contributed by atoms with Crippen molar-refractivity contribution in [3.8, 4) is 0 Å². The number of alkyl halides is 6. The number of halogens is 6. The van der Waals surface area contributed by atoms with Gasteiger partial charge in [0.1, 0.15) is 0 Å². The van der Waals surface area contributed by atoms with E-state index >= 15 is 0 Å². The van der Waals surface area contributed by atoms with Gasteiger partial charge in [0.25, 0.3) is 0 Å². The summed E-state index contributed by atoms with van der Waals surface area (Å²) in [4.78, 5) is 0. The highest BCUT2D eigenvalue weighted by Gasteiger charge is 2.46. The molecule has 1 fully saturated rings. The molecular formula is C14H26F6N2O4S2. The third kappa shape index (κ3) is 8.41. The molecule has 14 heteroatoms. The molecule has 1 heterocycles. The summed E-state index contributed by atoms with van der Waals surface area (Å²) in [6.45, 7) is 10.4. The van der Waals surface area contributed by atoms with E-state index in [-0.39, 0.29) is 0 Å². The van der Waals surface area contributed by atoms with Crippen molar-refractivity contribution in [2.45, 2.75) is 63.4 Å². The quantitative estimate of drug-likeness (QED) is 0.305. The lowest BCUT2D eigenvalue weighted by atomic mass is 10.2. The second kappa shape index (κ2) is 10.4. The summed E-state index contributed by atoms with van der Waals surface area (Å²) in [6, 6.07) is 0. The Bertz CT molecular complexity index is 627. The summed E-state index contributed by atoms with van der Waals surface area (Å²) in [5.41, 5.74) is -12.4. The molecule has 0 aromatic heterocycles. The Labute approximate surface area is 162 Å². The highest BCUT2D eigenvalue weighted by atomic mass is 32.3. The molecule has 6 nitrogen and oxygen atoms in total. The molecular weight excluding hydrogens is 438 g/mol. The van der Waals surface area contributed by atoms with Crippen molar-refractivity contribution in [2.24, 2.45) is 0 Å². The van der Waals surface area contributed by atoms with Gasteiger partial charge >= 0.3 is 11.0 Å². The number of nitrogens with zero attached hydrogens (tertiary/aromatic N) is 2. The van der Waals surface area contributed by atoms with E-state index in [4.69, 9.17) is 0 Å². The normalized spacial score (nSPS) is 17.9. The van der Waals surface area contributed by atoms with E-state index < -0.39 is 31.1 Å². The van der Waals surface area contributed by atoms with E-state index in [9.17, 15) is 43.2 Å². The summed E-state index contributed by atoms with van der Waals surface area (Å²) >= 11 is 0. The van der Waals surface area contributed by atoms with Crippen LogP contribution in [0.2, 0.25) is 0 Å². The lowest BCUT2D eigenvalue weighted by Crippen LogP contribution is -2.45. The van der Waals surface area contributed by atoms with Gasteiger partial charge in [0.05, 0.1) is 26.2 Å². The van der Waals surface area contributed by atoms with E-state index in [0.717, 1.165) is 4.13 Å². The maximum absolute atomic E-state index is 11.4. The molecule has 1 aliphatic heterocycles. The van der Waals surface area contributed by atoms with Crippen LogP contribution < -0.4 is 0 Å². The largest absolute Gasteiger partial charge is 0.480 e. The second-order valence-electron chi connectivity index (χ2n) is 6.51. The predicted octanol–water partition coefficient (Wildman–Crippen LogP) is 4.26. The van der Waals surface area contributed by atoms with E-state index in [0.29, 0.717) is 0 Å². The molecule has 28 heavy (non-hydrogen) atoms. The summed E-state index contributed by atoms with van der Waals surface area (Å²) in [6.07, 6.45) is 8.66. The monoisotopic (exact) mass is 464 g/mol. The Balaban J connectivity index is 0.000000525. The second-order valence-corrected chi connectivity index (χ2v) is 9.93. The third-order valence-electron chi connectivity index (χ3n) is 4.45. The zero-order valence-electron chi connectivity index (χ0n) is 15.7. The summed E-state index contributed by atoms with van der Waals surface area (Å²) < 4.78 is 111. The van der Waals surface area contributed by atoms with E-state index in [2.05, 4.69) is 13.8 Å². The summed E-state index contributed by atoms with van der Waals surface area (Å²) in [5.74, 6) is 0. The van der Waals surface area contributed by atoms with Crippen molar-refractivity contribution in [3.63, 3.8) is 0 Å². The Kier molecular flexibility index (Phi) is 10.2. The average molecular weight is 464 g/mol. The SMILES string of the molecule is CCCCCC[N+]1(CC)CCCC1.O=S(=O)([N-]S(=O)(=O)C(F)(F)F)C(F)(F)F. The number of unbranched alkanes of at least 4 members (excludes halogenated alkanes) is 3. The number of sulfonamides is 2. The molecule has 0 aromatic carbocycles. The van der Waals surface area contributed by atoms with Gasteiger partial charge in [-0.1, -0.05) is 19.8 Å². The van der Waals surface area contributed by atoms with Crippen LogP contribution in [0.1, 0.15) is 52.4 Å². The average Bonchev–Trinajstić information content (AvgIpc) is 2.98. The van der Waals surface area contributed by atoms with Crippen LogP contribution in [0.3, 0.4) is 0 Å². The first kappa shape index (κ1) is 27.4. The maximum atomic E-state index is 11.4. The van der Waals surface area contributed by atoms with Crippen LogP contribution in [0.5, 0.6) is 0 Å². The van der Waals surface area contributed by atoms with Crippen LogP contribution in [-0.2, 0) is 20.0 Å². The molecule has 0 radical (unpaired) electrons. The molecule has 0 saturated carbocycles. The molecule has 0 atom stereocenters. The number of hydrogen-bond donors (Lipinski definition) is 0. The van der Waals surface area contributed by atoms with Gasteiger partial charge in [0, 0.05) is 12.8 Å². The first-order chi connectivity index (χ1) is 12.5. The molecule has 1 aliphatic rings. The highest BCUT2D eigenvalue weighted by molar-refractivity contribution is 8.13. The van der Waals surface area contributed by atoms with Gasteiger partial charge in [-0.2, -0.15) is 26.3 Å². The van der Waals surface area contributed by atoms with Crippen molar-refractivity contribution in [1.29, 1.82) is 0 Å². The Morgan fingerprint density at radius 3 is 1.54 bits per heavy atom. The number of hydrogen-bond acceptors (Lipinski definition) is 4. The van der Waals surface area contributed by atoms with Gasteiger partial charge in [-0.05, 0) is 19.8 Å². The molecule has 0 amide bonds. The molecule has 0 bridgehead atoms. The number of rotatable bonds is 8. The fourth-order valence-electron chi connectivity index (χ4n) is 2.79. The topological polar surface area (TPSA) is 82.4 Å². The maximum Gasteiger partial charge on any atom is 0.480 e. The van der Waals surface area contributed by atoms with Crippen molar-refractivity contribution < 1.29 is 47.7 Å². The zero-order valence-corrected chi connectivity index (χ0v) is 17.3. The van der Waals surface area contributed by atoms with Crippen LogP contribution in [0.15, 0.2) is 0 Å².